The molecule has 17 heavy (non-hydrogen) atoms. The molecule has 1 aliphatic rings. The topological polar surface area (TPSA) is 29.9 Å². The predicted molar refractivity (Wildman–Crippen MR) is 68.1 cm³/mol. The Morgan fingerprint density at radius 3 is 2.82 bits per heavy atom. The lowest BCUT2D eigenvalue weighted by molar-refractivity contribution is 0.612. The predicted octanol–water partition coefficient (Wildman–Crippen LogP) is 2.54. The van der Waals surface area contributed by atoms with E-state index < -0.39 is 0 Å². The van der Waals surface area contributed by atoms with Crippen molar-refractivity contribution in [3.05, 3.63) is 48.3 Å². The fraction of sp³-hybridized carbons (Fsp3) is 0.357. The summed E-state index contributed by atoms with van der Waals surface area (Å²) in [5.41, 5.74) is 2.41. The van der Waals surface area contributed by atoms with Crippen LogP contribution in [-0.2, 0) is 0 Å². The number of nitrogens with zero attached hydrogens (tertiary/aromatic N) is 2. The smallest absolute Gasteiger partial charge is 0.0645 e. The van der Waals surface area contributed by atoms with Gasteiger partial charge >= 0.3 is 0 Å². The van der Waals surface area contributed by atoms with Crippen LogP contribution in [0.4, 0.5) is 0 Å². The summed E-state index contributed by atoms with van der Waals surface area (Å²) >= 11 is 0. The van der Waals surface area contributed by atoms with Gasteiger partial charge in [0.1, 0.15) is 0 Å². The van der Waals surface area contributed by atoms with E-state index in [2.05, 4.69) is 35.7 Å². The fourth-order valence-corrected chi connectivity index (χ4v) is 2.41. The number of nitrogens with one attached hydrogen (secondary N) is 1. The van der Waals surface area contributed by atoms with Crippen molar-refractivity contribution < 1.29 is 0 Å². The number of hydrogen-bond donors (Lipinski definition) is 1. The van der Waals surface area contributed by atoms with Crippen molar-refractivity contribution in [3.63, 3.8) is 0 Å². The maximum atomic E-state index is 4.43. The van der Waals surface area contributed by atoms with E-state index in [0.29, 0.717) is 6.04 Å². The average molecular weight is 227 g/mol. The monoisotopic (exact) mass is 227 g/mol. The summed E-state index contributed by atoms with van der Waals surface area (Å²) in [6, 6.07) is 10.7. The number of hydrogen-bond acceptors (Lipinski definition) is 2. The summed E-state index contributed by atoms with van der Waals surface area (Å²) in [5, 5.41) is 7.97. The van der Waals surface area contributed by atoms with E-state index in [4.69, 9.17) is 0 Å². The minimum atomic E-state index is 0.475. The molecule has 3 nitrogen and oxygen atoms in total. The summed E-state index contributed by atoms with van der Waals surface area (Å²) in [4.78, 5) is 0. The van der Waals surface area contributed by atoms with Crippen LogP contribution in [0.3, 0.4) is 0 Å². The van der Waals surface area contributed by atoms with Gasteiger partial charge in [0, 0.05) is 17.8 Å². The Morgan fingerprint density at radius 2 is 2.12 bits per heavy atom. The van der Waals surface area contributed by atoms with Gasteiger partial charge < -0.3 is 5.32 Å². The third-order valence-corrected chi connectivity index (χ3v) is 3.38. The van der Waals surface area contributed by atoms with Crippen molar-refractivity contribution >= 4 is 0 Å². The van der Waals surface area contributed by atoms with E-state index in [9.17, 15) is 0 Å². The van der Waals surface area contributed by atoms with Gasteiger partial charge in [0.25, 0.3) is 0 Å². The summed E-state index contributed by atoms with van der Waals surface area (Å²) in [6.45, 7) is 3.40. The lowest BCUT2D eigenvalue weighted by Crippen LogP contribution is -2.12. The van der Waals surface area contributed by atoms with Crippen molar-refractivity contribution in [2.24, 2.45) is 5.92 Å². The highest BCUT2D eigenvalue weighted by Gasteiger charge is 2.23. The summed E-state index contributed by atoms with van der Waals surface area (Å²) < 4.78 is 1.94. The van der Waals surface area contributed by atoms with Crippen LogP contribution in [-0.4, -0.2) is 16.3 Å². The van der Waals surface area contributed by atoms with Crippen LogP contribution in [0.25, 0.3) is 5.69 Å². The van der Waals surface area contributed by atoms with Crippen LogP contribution in [0.15, 0.2) is 42.7 Å². The van der Waals surface area contributed by atoms with Crippen LogP contribution in [0.2, 0.25) is 0 Å². The third kappa shape index (κ3) is 2.11. The van der Waals surface area contributed by atoms with Gasteiger partial charge in [0.05, 0.1) is 11.9 Å². The van der Waals surface area contributed by atoms with Gasteiger partial charge in [-0.1, -0.05) is 25.1 Å². The summed E-state index contributed by atoms with van der Waals surface area (Å²) in [6.07, 6.45) is 5.31. The quantitative estimate of drug-likeness (QED) is 0.854. The van der Waals surface area contributed by atoms with Gasteiger partial charge in [-0.2, -0.15) is 5.10 Å². The van der Waals surface area contributed by atoms with Crippen molar-refractivity contribution in [2.75, 3.05) is 6.54 Å². The SMILES string of the molecule is CC1CNC(c2cnn(-c3ccccc3)c2)C1. The van der Waals surface area contributed by atoms with E-state index in [1.807, 2.05) is 29.1 Å². The van der Waals surface area contributed by atoms with Crippen LogP contribution in [0.1, 0.15) is 24.9 Å². The lowest BCUT2D eigenvalue weighted by atomic mass is 10.0. The maximum Gasteiger partial charge on any atom is 0.0645 e. The Hall–Kier alpha value is -1.61. The highest BCUT2D eigenvalue weighted by atomic mass is 15.3. The molecule has 2 atom stereocenters. The van der Waals surface area contributed by atoms with Gasteiger partial charge in [-0.05, 0) is 31.0 Å². The molecule has 2 aromatic rings. The molecule has 0 amide bonds. The Bertz CT molecular complexity index is 489. The second-order valence-corrected chi connectivity index (χ2v) is 4.86. The molecule has 1 aromatic heterocycles. The number of rotatable bonds is 2. The number of para-hydroxylation sites is 1. The first kappa shape index (κ1) is 10.5. The van der Waals surface area contributed by atoms with Crippen molar-refractivity contribution in [1.82, 2.24) is 15.1 Å². The molecule has 1 aliphatic heterocycles. The van der Waals surface area contributed by atoms with Gasteiger partial charge in [0.2, 0.25) is 0 Å². The van der Waals surface area contributed by atoms with Crippen LogP contribution < -0.4 is 5.32 Å². The zero-order chi connectivity index (χ0) is 11.7. The molecule has 1 aromatic carbocycles. The van der Waals surface area contributed by atoms with Gasteiger partial charge in [0.15, 0.2) is 0 Å². The Labute approximate surface area is 101 Å². The molecule has 0 bridgehead atoms. The highest BCUT2D eigenvalue weighted by molar-refractivity contribution is 5.31. The normalized spacial score (nSPS) is 24.1. The second kappa shape index (κ2) is 4.34. The zero-order valence-electron chi connectivity index (χ0n) is 10.0. The molecule has 0 radical (unpaired) electrons. The molecule has 2 heterocycles. The highest BCUT2D eigenvalue weighted by Crippen LogP contribution is 2.26. The molecule has 0 saturated carbocycles. The molecule has 2 unspecified atom stereocenters. The first-order chi connectivity index (χ1) is 8.33. The van der Waals surface area contributed by atoms with E-state index in [-0.39, 0.29) is 0 Å². The number of benzene rings is 1. The first-order valence-electron chi connectivity index (χ1n) is 6.16. The number of aromatic nitrogens is 2. The first-order valence-corrected chi connectivity index (χ1v) is 6.16. The van der Waals surface area contributed by atoms with Crippen LogP contribution >= 0.6 is 0 Å². The van der Waals surface area contributed by atoms with Crippen molar-refractivity contribution in [2.45, 2.75) is 19.4 Å². The summed E-state index contributed by atoms with van der Waals surface area (Å²) in [5.74, 6) is 0.764. The maximum absolute atomic E-state index is 4.43. The fourth-order valence-electron chi connectivity index (χ4n) is 2.41. The largest absolute Gasteiger partial charge is 0.310 e. The minimum Gasteiger partial charge on any atom is -0.310 e. The van der Waals surface area contributed by atoms with Crippen LogP contribution in [0.5, 0.6) is 0 Å². The molecule has 3 heteroatoms. The summed E-state index contributed by atoms with van der Waals surface area (Å²) in [7, 11) is 0. The van der Waals surface area contributed by atoms with E-state index in [1.165, 1.54) is 12.0 Å². The Morgan fingerprint density at radius 1 is 1.29 bits per heavy atom. The zero-order valence-corrected chi connectivity index (χ0v) is 10.0. The molecule has 1 saturated heterocycles. The molecule has 88 valence electrons. The Balaban J connectivity index is 1.84. The van der Waals surface area contributed by atoms with Crippen LogP contribution in [0, 0.1) is 5.92 Å². The molecular formula is C14H17N3. The van der Waals surface area contributed by atoms with E-state index in [0.717, 1.165) is 18.2 Å². The third-order valence-electron chi connectivity index (χ3n) is 3.38. The standard InChI is InChI=1S/C14H17N3/c1-11-7-14(15-8-11)12-9-16-17(10-12)13-5-3-2-4-6-13/h2-6,9-11,14-15H,7-8H2,1H3. The minimum absolute atomic E-state index is 0.475. The average Bonchev–Trinajstić information content (AvgIpc) is 2.98. The molecule has 1 N–H and O–H groups in total. The van der Waals surface area contributed by atoms with E-state index >= 15 is 0 Å². The lowest BCUT2D eigenvalue weighted by Gasteiger charge is -2.06. The molecule has 0 spiro atoms. The van der Waals surface area contributed by atoms with E-state index in [1.54, 1.807) is 0 Å². The van der Waals surface area contributed by atoms with Crippen molar-refractivity contribution in [3.8, 4) is 5.69 Å². The molecule has 0 aliphatic carbocycles. The van der Waals surface area contributed by atoms with Gasteiger partial charge in [-0.3, -0.25) is 0 Å². The second-order valence-electron chi connectivity index (χ2n) is 4.86. The van der Waals surface area contributed by atoms with Gasteiger partial charge in [-0.25, -0.2) is 4.68 Å². The van der Waals surface area contributed by atoms with Crippen molar-refractivity contribution in [1.29, 1.82) is 0 Å². The van der Waals surface area contributed by atoms with Gasteiger partial charge in [-0.15, -0.1) is 0 Å². The Kier molecular flexibility index (Phi) is 2.69. The molecule has 3 rings (SSSR count). The molecule has 1 fully saturated rings. The molecular weight excluding hydrogens is 210 g/mol.